The molecule has 2 saturated carbocycles. The Morgan fingerprint density at radius 1 is 1.67 bits per heavy atom. The number of carbonyl (C=O) groups excluding carboxylic acids is 1. The molecule has 2 fully saturated rings. The van der Waals surface area contributed by atoms with Crippen LogP contribution in [0.2, 0.25) is 0 Å². The number of carbonyl (C=O) groups is 1. The molecular formula is C13H19N3OS. The Labute approximate surface area is 111 Å². The molecule has 0 aliphatic heterocycles. The summed E-state index contributed by atoms with van der Waals surface area (Å²) in [7, 11) is 0. The van der Waals surface area contributed by atoms with Gasteiger partial charge in [0.25, 0.3) is 5.91 Å². The maximum Gasteiger partial charge on any atom is 0.270 e. The molecular weight excluding hydrogens is 246 g/mol. The van der Waals surface area contributed by atoms with Gasteiger partial charge < -0.3 is 11.1 Å². The van der Waals surface area contributed by atoms with Crippen LogP contribution in [0.4, 0.5) is 0 Å². The van der Waals surface area contributed by atoms with Crippen LogP contribution in [0.5, 0.6) is 0 Å². The quantitative estimate of drug-likeness (QED) is 0.856. The average Bonchev–Trinajstić information content (AvgIpc) is 3.23. The van der Waals surface area contributed by atoms with Crippen LogP contribution in [0, 0.1) is 11.3 Å². The molecule has 0 spiro atoms. The summed E-state index contributed by atoms with van der Waals surface area (Å²) >= 11 is 1.46. The first-order chi connectivity index (χ1) is 8.61. The Morgan fingerprint density at radius 2 is 2.39 bits per heavy atom. The lowest BCUT2D eigenvalue weighted by Gasteiger charge is -2.14. The predicted molar refractivity (Wildman–Crippen MR) is 71.4 cm³/mol. The highest BCUT2D eigenvalue weighted by Gasteiger charge is 2.53. The summed E-state index contributed by atoms with van der Waals surface area (Å²) in [4.78, 5) is 16.3. The molecule has 98 valence electrons. The smallest absolute Gasteiger partial charge is 0.270 e. The molecule has 0 saturated heterocycles. The fourth-order valence-corrected chi connectivity index (χ4v) is 3.29. The van der Waals surface area contributed by atoms with Crippen molar-refractivity contribution in [2.45, 2.75) is 38.6 Å². The number of nitrogens with two attached hydrogens (primary N) is 1. The lowest BCUT2D eigenvalue weighted by atomic mass is 10.0. The Hall–Kier alpha value is -0.940. The van der Waals surface area contributed by atoms with Gasteiger partial charge in [0, 0.05) is 11.9 Å². The van der Waals surface area contributed by atoms with E-state index >= 15 is 0 Å². The summed E-state index contributed by atoms with van der Waals surface area (Å²) in [5.74, 6) is 0.818. The van der Waals surface area contributed by atoms with Gasteiger partial charge in [-0.3, -0.25) is 4.79 Å². The lowest BCUT2D eigenvalue weighted by Crippen LogP contribution is -2.31. The van der Waals surface area contributed by atoms with Gasteiger partial charge in [-0.25, -0.2) is 4.98 Å². The zero-order valence-electron chi connectivity index (χ0n) is 10.6. The minimum absolute atomic E-state index is 0.0509. The van der Waals surface area contributed by atoms with Gasteiger partial charge >= 0.3 is 0 Å². The number of aromatic nitrogens is 1. The third-order valence-corrected chi connectivity index (χ3v) is 5.13. The fraction of sp³-hybridized carbons (Fsp3) is 0.692. The topological polar surface area (TPSA) is 68.0 Å². The number of hydrogen-bond acceptors (Lipinski definition) is 4. The van der Waals surface area contributed by atoms with Crippen LogP contribution in [0.1, 0.15) is 54.1 Å². The molecule has 3 rings (SSSR count). The molecule has 0 aromatic carbocycles. The molecule has 0 radical (unpaired) electrons. The normalized spacial score (nSPS) is 22.6. The maximum absolute atomic E-state index is 12.0. The van der Waals surface area contributed by atoms with Gasteiger partial charge in [-0.1, -0.05) is 0 Å². The van der Waals surface area contributed by atoms with Gasteiger partial charge in [0.15, 0.2) is 0 Å². The molecule has 5 heteroatoms. The van der Waals surface area contributed by atoms with Crippen LogP contribution in [0.25, 0.3) is 0 Å². The highest BCUT2D eigenvalue weighted by atomic mass is 32.1. The Balaban J connectivity index is 1.57. The summed E-state index contributed by atoms with van der Waals surface area (Å²) in [6, 6.07) is -0.0993. The highest BCUT2D eigenvalue weighted by Crippen LogP contribution is 2.60. The SMILES string of the molecule is CC(N)c1nc(C(=O)NCC2(C3CC3)CC2)cs1. The van der Waals surface area contributed by atoms with Gasteiger partial charge in [-0.2, -0.15) is 0 Å². The number of nitrogens with one attached hydrogen (secondary N) is 1. The second-order valence-electron chi connectivity index (χ2n) is 5.68. The van der Waals surface area contributed by atoms with E-state index in [2.05, 4.69) is 10.3 Å². The lowest BCUT2D eigenvalue weighted by molar-refractivity contribution is 0.0938. The van der Waals surface area contributed by atoms with Crippen molar-refractivity contribution in [3.63, 3.8) is 0 Å². The summed E-state index contributed by atoms with van der Waals surface area (Å²) in [6.45, 7) is 2.70. The van der Waals surface area contributed by atoms with E-state index in [4.69, 9.17) is 5.73 Å². The number of thiazole rings is 1. The van der Waals surface area contributed by atoms with Crippen molar-refractivity contribution in [1.29, 1.82) is 0 Å². The van der Waals surface area contributed by atoms with Crippen LogP contribution in [-0.2, 0) is 0 Å². The highest BCUT2D eigenvalue weighted by molar-refractivity contribution is 7.09. The maximum atomic E-state index is 12.0. The minimum atomic E-state index is -0.0993. The third kappa shape index (κ3) is 2.29. The summed E-state index contributed by atoms with van der Waals surface area (Å²) in [5, 5.41) is 5.66. The zero-order valence-corrected chi connectivity index (χ0v) is 11.4. The number of nitrogens with zero attached hydrogens (tertiary/aromatic N) is 1. The molecule has 0 bridgehead atoms. The van der Waals surface area contributed by atoms with E-state index < -0.39 is 0 Å². The van der Waals surface area contributed by atoms with Gasteiger partial charge in [0.1, 0.15) is 10.7 Å². The van der Waals surface area contributed by atoms with E-state index in [-0.39, 0.29) is 11.9 Å². The molecule has 1 atom stereocenters. The molecule has 1 aromatic heterocycles. The van der Waals surface area contributed by atoms with Gasteiger partial charge in [0.05, 0.1) is 6.04 Å². The molecule has 3 N–H and O–H groups in total. The van der Waals surface area contributed by atoms with E-state index in [9.17, 15) is 4.79 Å². The largest absolute Gasteiger partial charge is 0.350 e. The van der Waals surface area contributed by atoms with E-state index in [1.807, 2.05) is 6.92 Å². The van der Waals surface area contributed by atoms with Crippen molar-refractivity contribution in [3.8, 4) is 0 Å². The number of amides is 1. The summed E-state index contributed by atoms with van der Waals surface area (Å²) in [5.41, 5.74) is 6.70. The monoisotopic (exact) mass is 265 g/mol. The van der Waals surface area contributed by atoms with Crippen LogP contribution in [0.15, 0.2) is 5.38 Å². The van der Waals surface area contributed by atoms with Gasteiger partial charge in [0.2, 0.25) is 0 Å². The van der Waals surface area contributed by atoms with Crippen molar-refractivity contribution in [2.75, 3.05) is 6.54 Å². The second kappa shape index (κ2) is 4.31. The van der Waals surface area contributed by atoms with E-state index in [1.54, 1.807) is 5.38 Å². The third-order valence-electron chi connectivity index (χ3n) is 4.08. The number of rotatable bonds is 5. The molecule has 1 aromatic rings. The van der Waals surface area contributed by atoms with E-state index in [0.717, 1.165) is 17.5 Å². The van der Waals surface area contributed by atoms with Crippen molar-refractivity contribution < 1.29 is 4.79 Å². The first-order valence-corrected chi connectivity index (χ1v) is 7.48. The Kier molecular flexibility index (Phi) is 2.90. The zero-order chi connectivity index (χ0) is 12.8. The van der Waals surface area contributed by atoms with Crippen LogP contribution >= 0.6 is 11.3 Å². The second-order valence-corrected chi connectivity index (χ2v) is 6.57. The molecule has 2 aliphatic carbocycles. The van der Waals surface area contributed by atoms with Crippen LogP contribution < -0.4 is 11.1 Å². The fourth-order valence-electron chi connectivity index (χ4n) is 2.53. The molecule has 18 heavy (non-hydrogen) atoms. The standard InChI is InChI=1S/C13H19N3OS/c1-8(14)12-16-10(6-18-12)11(17)15-7-13(4-5-13)9-2-3-9/h6,8-9H,2-5,7,14H2,1H3,(H,15,17). The van der Waals surface area contributed by atoms with Crippen molar-refractivity contribution in [1.82, 2.24) is 10.3 Å². The predicted octanol–water partition coefficient (Wildman–Crippen LogP) is 2.08. The van der Waals surface area contributed by atoms with E-state index in [1.165, 1.54) is 37.0 Å². The molecule has 4 nitrogen and oxygen atoms in total. The number of hydrogen-bond donors (Lipinski definition) is 2. The first kappa shape index (κ1) is 12.1. The van der Waals surface area contributed by atoms with Crippen molar-refractivity contribution >= 4 is 17.2 Å². The summed E-state index contributed by atoms with van der Waals surface area (Å²) in [6.07, 6.45) is 5.25. The molecule has 1 heterocycles. The van der Waals surface area contributed by atoms with Gasteiger partial charge in [-0.05, 0) is 43.9 Å². The van der Waals surface area contributed by atoms with E-state index in [0.29, 0.717) is 11.1 Å². The average molecular weight is 265 g/mol. The first-order valence-electron chi connectivity index (χ1n) is 6.60. The van der Waals surface area contributed by atoms with Crippen LogP contribution in [0.3, 0.4) is 0 Å². The van der Waals surface area contributed by atoms with Crippen LogP contribution in [-0.4, -0.2) is 17.4 Å². The summed E-state index contributed by atoms with van der Waals surface area (Å²) < 4.78 is 0. The van der Waals surface area contributed by atoms with Crippen molar-refractivity contribution in [2.24, 2.45) is 17.1 Å². The Morgan fingerprint density at radius 3 is 2.89 bits per heavy atom. The Bertz CT molecular complexity index is 461. The van der Waals surface area contributed by atoms with Gasteiger partial charge in [-0.15, -0.1) is 11.3 Å². The molecule has 1 unspecified atom stereocenters. The minimum Gasteiger partial charge on any atom is -0.350 e. The van der Waals surface area contributed by atoms with Crippen molar-refractivity contribution in [3.05, 3.63) is 16.1 Å². The molecule has 1 amide bonds. The molecule has 2 aliphatic rings.